The first-order valence-electron chi connectivity index (χ1n) is 7.74. The number of nitrogens with zero attached hydrogens (tertiary/aromatic N) is 1. The number of likely N-dealkylation sites (N-methyl/N-ethyl adjacent to an activating group) is 1. The lowest BCUT2D eigenvalue weighted by atomic mass is 10.1. The molecule has 0 aliphatic rings. The van der Waals surface area contributed by atoms with Crippen LogP contribution in [0.4, 0.5) is 5.69 Å². The number of carbonyl (C=O) groups excluding carboxylic acids is 1. The second-order valence-electron chi connectivity index (χ2n) is 5.60. The van der Waals surface area contributed by atoms with Gasteiger partial charge in [-0.05, 0) is 36.6 Å². The lowest BCUT2D eigenvalue weighted by molar-refractivity contribution is -0.130. The van der Waals surface area contributed by atoms with E-state index >= 15 is 0 Å². The summed E-state index contributed by atoms with van der Waals surface area (Å²) in [5.74, 6) is 0.0865. The Morgan fingerprint density at radius 2 is 1.68 bits per heavy atom. The second kappa shape index (κ2) is 7.64. The van der Waals surface area contributed by atoms with Crippen LogP contribution in [0.15, 0.2) is 54.6 Å². The van der Waals surface area contributed by atoms with Gasteiger partial charge in [0.05, 0.1) is 0 Å². The van der Waals surface area contributed by atoms with Gasteiger partial charge in [-0.15, -0.1) is 0 Å². The molecule has 0 saturated heterocycles. The van der Waals surface area contributed by atoms with Gasteiger partial charge in [0.15, 0.2) is 0 Å². The zero-order valence-electron chi connectivity index (χ0n) is 13.5. The Kier molecular flexibility index (Phi) is 5.59. The van der Waals surface area contributed by atoms with Crippen LogP contribution in [0.1, 0.15) is 25.0 Å². The molecule has 1 atom stereocenters. The monoisotopic (exact) mass is 296 g/mol. The van der Waals surface area contributed by atoms with Crippen molar-refractivity contribution in [3.63, 3.8) is 0 Å². The fourth-order valence-electron chi connectivity index (χ4n) is 2.41. The van der Waals surface area contributed by atoms with E-state index in [2.05, 4.69) is 24.4 Å². The van der Waals surface area contributed by atoms with Gasteiger partial charge in [-0.1, -0.05) is 49.4 Å². The Morgan fingerprint density at radius 1 is 1.05 bits per heavy atom. The molecule has 1 amide bonds. The van der Waals surface area contributed by atoms with Crippen LogP contribution >= 0.6 is 0 Å². The molecule has 3 heteroatoms. The maximum absolute atomic E-state index is 12.4. The normalized spacial score (nSPS) is 11.8. The van der Waals surface area contributed by atoms with Crippen molar-refractivity contribution in [2.45, 2.75) is 32.9 Å². The molecular weight excluding hydrogens is 272 g/mol. The van der Waals surface area contributed by atoms with E-state index in [1.165, 1.54) is 5.56 Å². The van der Waals surface area contributed by atoms with Crippen LogP contribution in [-0.4, -0.2) is 23.9 Å². The topological polar surface area (TPSA) is 32.3 Å². The van der Waals surface area contributed by atoms with Crippen molar-refractivity contribution in [1.29, 1.82) is 0 Å². The maximum atomic E-state index is 12.4. The average Bonchev–Trinajstić information content (AvgIpc) is 2.55. The molecular formula is C19H24N2O. The Bertz CT molecular complexity index is 593. The lowest BCUT2D eigenvalue weighted by Gasteiger charge is -2.23. The quantitative estimate of drug-likeness (QED) is 0.881. The number of aryl methyl sites for hydroxylation is 1. The molecule has 2 rings (SSSR count). The predicted molar refractivity (Wildman–Crippen MR) is 91.8 cm³/mol. The molecule has 0 aliphatic heterocycles. The van der Waals surface area contributed by atoms with Gasteiger partial charge in [0.2, 0.25) is 5.91 Å². The van der Waals surface area contributed by atoms with Crippen LogP contribution in [0.2, 0.25) is 0 Å². The summed E-state index contributed by atoms with van der Waals surface area (Å²) in [4.78, 5) is 14.2. The van der Waals surface area contributed by atoms with Crippen LogP contribution < -0.4 is 5.32 Å². The van der Waals surface area contributed by atoms with E-state index in [-0.39, 0.29) is 11.9 Å². The molecule has 0 radical (unpaired) electrons. The van der Waals surface area contributed by atoms with Gasteiger partial charge in [-0.3, -0.25) is 4.79 Å². The van der Waals surface area contributed by atoms with Crippen molar-refractivity contribution in [3.8, 4) is 0 Å². The Balaban J connectivity index is 1.93. The molecule has 0 saturated carbocycles. The smallest absolute Gasteiger partial charge is 0.244 e. The van der Waals surface area contributed by atoms with E-state index < -0.39 is 0 Å². The molecule has 2 aromatic carbocycles. The van der Waals surface area contributed by atoms with E-state index in [1.807, 2.05) is 56.4 Å². The number of hydrogen-bond acceptors (Lipinski definition) is 2. The summed E-state index contributed by atoms with van der Waals surface area (Å²) < 4.78 is 0. The summed E-state index contributed by atoms with van der Waals surface area (Å²) in [5, 5.41) is 3.27. The summed E-state index contributed by atoms with van der Waals surface area (Å²) in [5.41, 5.74) is 3.41. The van der Waals surface area contributed by atoms with Crippen LogP contribution in [0.3, 0.4) is 0 Å². The molecule has 0 heterocycles. The molecule has 22 heavy (non-hydrogen) atoms. The van der Waals surface area contributed by atoms with Crippen molar-refractivity contribution in [1.82, 2.24) is 4.90 Å². The molecule has 3 nitrogen and oxygen atoms in total. The number of carbonyl (C=O) groups is 1. The molecule has 116 valence electrons. The molecule has 0 bridgehead atoms. The van der Waals surface area contributed by atoms with Gasteiger partial charge in [-0.25, -0.2) is 0 Å². The highest BCUT2D eigenvalue weighted by atomic mass is 16.2. The van der Waals surface area contributed by atoms with E-state index in [4.69, 9.17) is 0 Å². The van der Waals surface area contributed by atoms with Gasteiger partial charge >= 0.3 is 0 Å². The zero-order chi connectivity index (χ0) is 15.9. The molecule has 0 spiro atoms. The van der Waals surface area contributed by atoms with Crippen molar-refractivity contribution in [2.75, 3.05) is 12.4 Å². The first-order valence-corrected chi connectivity index (χ1v) is 7.74. The lowest BCUT2D eigenvalue weighted by Crippen LogP contribution is -2.38. The third-order valence-corrected chi connectivity index (χ3v) is 3.75. The van der Waals surface area contributed by atoms with Crippen LogP contribution in [0, 0.1) is 0 Å². The number of anilines is 1. The zero-order valence-corrected chi connectivity index (χ0v) is 13.5. The summed E-state index contributed by atoms with van der Waals surface area (Å²) >= 11 is 0. The first kappa shape index (κ1) is 16.1. The highest BCUT2D eigenvalue weighted by molar-refractivity contribution is 5.84. The van der Waals surface area contributed by atoms with Crippen molar-refractivity contribution in [2.24, 2.45) is 0 Å². The SMILES string of the molecule is CCc1ccc(NC(C)C(=O)N(C)Cc2ccccc2)cc1. The third-order valence-electron chi connectivity index (χ3n) is 3.75. The fraction of sp³-hybridized carbons (Fsp3) is 0.316. The molecule has 0 fully saturated rings. The molecule has 0 aromatic heterocycles. The minimum absolute atomic E-state index is 0.0865. The Morgan fingerprint density at radius 3 is 2.27 bits per heavy atom. The number of benzene rings is 2. The van der Waals surface area contributed by atoms with Gasteiger partial charge in [0.25, 0.3) is 0 Å². The van der Waals surface area contributed by atoms with E-state index in [1.54, 1.807) is 4.90 Å². The van der Waals surface area contributed by atoms with E-state index in [0.29, 0.717) is 6.54 Å². The Hall–Kier alpha value is -2.29. The van der Waals surface area contributed by atoms with E-state index in [9.17, 15) is 4.79 Å². The second-order valence-corrected chi connectivity index (χ2v) is 5.60. The number of hydrogen-bond donors (Lipinski definition) is 1. The molecule has 1 unspecified atom stereocenters. The third kappa shape index (κ3) is 4.35. The number of nitrogens with one attached hydrogen (secondary N) is 1. The molecule has 1 N–H and O–H groups in total. The van der Waals surface area contributed by atoms with E-state index in [0.717, 1.165) is 17.7 Å². The van der Waals surface area contributed by atoms with Crippen molar-refractivity contribution in [3.05, 3.63) is 65.7 Å². The number of rotatable bonds is 6. The summed E-state index contributed by atoms with van der Waals surface area (Å²) in [6.45, 7) is 4.66. The van der Waals surface area contributed by atoms with Gasteiger partial charge in [0.1, 0.15) is 6.04 Å². The maximum Gasteiger partial charge on any atom is 0.244 e. The summed E-state index contributed by atoms with van der Waals surface area (Å²) in [6.07, 6.45) is 1.02. The van der Waals surface area contributed by atoms with Crippen LogP contribution in [0.25, 0.3) is 0 Å². The summed E-state index contributed by atoms with van der Waals surface area (Å²) in [6, 6.07) is 18.0. The first-order chi connectivity index (χ1) is 10.6. The summed E-state index contributed by atoms with van der Waals surface area (Å²) in [7, 11) is 1.84. The van der Waals surface area contributed by atoms with Crippen LogP contribution in [0.5, 0.6) is 0 Å². The molecule has 2 aromatic rings. The highest BCUT2D eigenvalue weighted by Crippen LogP contribution is 2.12. The van der Waals surface area contributed by atoms with Gasteiger partial charge < -0.3 is 10.2 Å². The minimum atomic E-state index is -0.249. The largest absolute Gasteiger partial charge is 0.374 e. The van der Waals surface area contributed by atoms with Crippen LogP contribution in [-0.2, 0) is 17.8 Å². The minimum Gasteiger partial charge on any atom is -0.374 e. The highest BCUT2D eigenvalue weighted by Gasteiger charge is 2.17. The molecule has 0 aliphatic carbocycles. The average molecular weight is 296 g/mol. The number of amides is 1. The van der Waals surface area contributed by atoms with Gasteiger partial charge in [-0.2, -0.15) is 0 Å². The Labute approximate surface area is 133 Å². The standard InChI is InChI=1S/C19H24N2O/c1-4-16-10-12-18(13-11-16)20-15(2)19(22)21(3)14-17-8-6-5-7-9-17/h5-13,15,20H,4,14H2,1-3H3. The van der Waals surface area contributed by atoms with Crippen molar-refractivity contribution >= 4 is 11.6 Å². The van der Waals surface area contributed by atoms with Gasteiger partial charge in [0, 0.05) is 19.3 Å². The van der Waals surface area contributed by atoms with Crippen molar-refractivity contribution < 1.29 is 4.79 Å². The predicted octanol–water partition coefficient (Wildman–Crippen LogP) is 3.71. The fourth-order valence-corrected chi connectivity index (χ4v) is 2.41.